The summed E-state index contributed by atoms with van der Waals surface area (Å²) >= 11 is 3.30. The summed E-state index contributed by atoms with van der Waals surface area (Å²) in [6, 6.07) is 24.0. The predicted molar refractivity (Wildman–Crippen MR) is 138 cm³/mol. The molecule has 0 saturated carbocycles. The Hall–Kier alpha value is -3.35. The van der Waals surface area contributed by atoms with Crippen molar-refractivity contribution in [2.24, 2.45) is 0 Å². The number of fused-ring (bicyclic) bond motifs is 1. The average Bonchev–Trinajstić information content (AvgIpc) is 3.58. The highest BCUT2D eigenvalue weighted by molar-refractivity contribution is 7.14. The first-order chi connectivity index (χ1) is 16.2. The first-order valence-electron chi connectivity index (χ1n) is 11.0. The van der Waals surface area contributed by atoms with E-state index in [2.05, 4.69) is 36.6 Å². The lowest BCUT2D eigenvalue weighted by Gasteiger charge is -2.22. The molecule has 3 aromatic heterocycles. The van der Waals surface area contributed by atoms with Crippen LogP contribution in [0, 0.1) is 0 Å². The Morgan fingerprint density at radius 3 is 2.09 bits per heavy atom. The second-order valence-electron chi connectivity index (χ2n) is 7.79. The van der Waals surface area contributed by atoms with Crippen molar-refractivity contribution < 1.29 is 4.79 Å². The Labute approximate surface area is 201 Å². The van der Waals surface area contributed by atoms with Gasteiger partial charge in [-0.1, -0.05) is 49.4 Å². The van der Waals surface area contributed by atoms with Crippen molar-refractivity contribution >= 4 is 39.6 Å². The van der Waals surface area contributed by atoms with Crippen LogP contribution in [0.15, 0.2) is 83.6 Å². The first kappa shape index (κ1) is 21.5. The number of thiophene rings is 2. The van der Waals surface area contributed by atoms with Crippen LogP contribution >= 0.6 is 22.7 Å². The lowest BCUT2D eigenvalue weighted by Crippen LogP contribution is -2.31. The SMILES string of the molecule is CCCN(Cc1ccccc1)C(=O)c1ccc2nc(-c3cccs3)c(-c3cccs3)nc2c1. The molecule has 0 aliphatic heterocycles. The summed E-state index contributed by atoms with van der Waals surface area (Å²) in [7, 11) is 0. The highest BCUT2D eigenvalue weighted by Crippen LogP contribution is 2.35. The third-order valence-electron chi connectivity index (χ3n) is 5.42. The Balaban J connectivity index is 1.54. The van der Waals surface area contributed by atoms with Gasteiger partial charge in [-0.05, 0) is 53.1 Å². The van der Waals surface area contributed by atoms with Crippen LogP contribution < -0.4 is 0 Å². The number of rotatable bonds is 7. The van der Waals surface area contributed by atoms with Gasteiger partial charge in [0.15, 0.2) is 0 Å². The molecule has 1 amide bonds. The van der Waals surface area contributed by atoms with Crippen LogP contribution in [0.3, 0.4) is 0 Å². The fourth-order valence-corrected chi connectivity index (χ4v) is 5.30. The van der Waals surface area contributed by atoms with Crippen LogP contribution in [0.5, 0.6) is 0 Å². The van der Waals surface area contributed by atoms with Crippen LogP contribution in [0.25, 0.3) is 32.2 Å². The van der Waals surface area contributed by atoms with Crippen molar-refractivity contribution in [1.82, 2.24) is 14.9 Å². The third-order valence-corrected chi connectivity index (χ3v) is 7.17. The maximum Gasteiger partial charge on any atom is 0.254 e. The summed E-state index contributed by atoms with van der Waals surface area (Å²) in [5, 5.41) is 4.10. The summed E-state index contributed by atoms with van der Waals surface area (Å²) in [5.41, 5.74) is 5.04. The molecule has 0 radical (unpaired) electrons. The van der Waals surface area contributed by atoms with Gasteiger partial charge in [0.05, 0.1) is 20.8 Å². The molecule has 4 nitrogen and oxygen atoms in total. The quantitative estimate of drug-likeness (QED) is 0.254. The van der Waals surface area contributed by atoms with Crippen molar-refractivity contribution in [2.45, 2.75) is 19.9 Å². The fourth-order valence-electron chi connectivity index (χ4n) is 3.87. The molecule has 6 heteroatoms. The lowest BCUT2D eigenvalue weighted by molar-refractivity contribution is 0.0743. The van der Waals surface area contributed by atoms with Gasteiger partial charge >= 0.3 is 0 Å². The van der Waals surface area contributed by atoms with Gasteiger partial charge in [0.25, 0.3) is 5.91 Å². The molecule has 0 fully saturated rings. The molecule has 0 N–H and O–H groups in total. The molecule has 0 aliphatic rings. The summed E-state index contributed by atoms with van der Waals surface area (Å²) < 4.78 is 0. The molecular weight excluding hydrogens is 446 g/mol. The number of amides is 1. The van der Waals surface area contributed by atoms with Crippen molar-refractivity contribution in [2.75, 3.05) is 6.54 Å². The van der Waals surface area contributed by atoms with Crippen molar-refractivity contribution in [3.63, 3.8) is 0 Å². The summed E-state index contributed by atoms with van der Waals surface area (Å²) in [6.45, 7) is 3.39. The van der Waals surface area contributed by atoms with E-state index in [0.717, 1.165) is 44.2 Å². The minimum atomic E-state index is 0.0180. The summed E-state index contributed by atoms with van der Waals surface area (Å²) in [6.07, 6.45) is 0.901. The maximum absolute atomic E-state index is 13.4. The lowest BCUT2D eigenvalue weighted by atomic mass is 10.1. The molecule has 5 aromatic rings. The van der Waals surface area contributed by atoms with E-state index in [0.29, 0.717) is 18.7 Å². The monoisotopic (exact) mass is 469 g/mol. The Kier molecular flexibility index (Phi) is 6.28. The van der Waals surface area contributed by atoms with Gasteiger partial charge in [0.2, 0.25) is 0 Å². The Bertz CT molecular complexity index is 1360. The zero-order valence-electron chi connectivity index (χ0n) is 18.3. The molecule has 0 aliphatic carbocycles. The molecule has 0 unspecified atom stereocenters. The van der Waals surface area contributed by atoms with Crippen LogP contribution in [0.2, 0.25) is 0 Å². The van der Waals surface area contributed by atoms with E-state index in [1.807, 2.05) is 58.8 Å². The number of nitrogens with zero attached hydrogens (tertiary/aromatic N) is 3. The van der Waals surface area contributed by atoms with E-state index in [-0.39, 0.29) is 5.91 Å². The minimum Gasteiger partial charge on any atom is -0.334 e. The first-order valence-corrected chi connectivity index (χ1v) is 12.7. The molecule has 2 aromatic carbocycles. The molecular formula is C27H23N3OS2. The van der Waals surface area contributed by atoms with Gasteiger partial charge in [-0.2, -0.15) is 0 Å². The van der Waals surface area contributed by atoms with Gasteiger partial charge in [0, 0.05) is 18.7 Å². The van der Waals surface area contributed by atoms with Crippen molar-refractivity contribution in [1.29, 1.82) is 0 Å². The number of aromatic nitrogens is 2. The standard InChI is InChI=1S/C27H23N3OS2/c1-2-14-30(18-19-8-4-3-5-9-19)27(31)20-12-13-21-22(17-20)29-26(24-11-7-16-33-24)25(28-21)23-10-6-15-32-23/h3-13,15-17H,2,14,18H2,1H3. The van der Waals surface area contributed by atoms with Crippen LogP contribution in [-0.2, 0) is 6.54 Å². The van der Waals surface area contributed by atoms with Crippen molar-refractivity contribution in [3.8, 4) is 21.1 Å². The zero-order chi connectivity index (χ0) is 22.6. The molecule has 0 bridgehead atoms. The topological polar surface area (TPSA) is 46.1 Å². The second kappa shape index (κ2) is 9.65. The van der Waals surface area contributed by atoms with Gasteiger partial charge in [-0.15, -0.1) is 22.7 Å². The largest absolute Gasteiger partial charge is 0.334 e. The Morgan fingerprint density at radius 2 is 1.48 bits per heavy atom. The highest BCUT2D eigenvalue weighted by atomic mass is 32.1. The number of carbonyl (C=O) groups excluding carboxylic acids is 1. The molecule has 0 atom stereocenters. The van der Waals surface area contributed by atoms with E-state index in [1.165, 1.54) is 0 Å². The molecule has 164 valence electrons. The minimum absolute atomic E-state index is 0.0180. The van der Waals surface area contributed by atoms with E-state index in [1.54, 1.807) is 22.7 Å². The normalized spacial score (nSPS) is 11.1. The number of hydrogen-bond donors (Lipinski definition) is 0. The predicted octanol–water partition coefficient (Wildman–Crippen LogP) is 7.14. The van der Waals surface area contributed by atoms with Crippen LogP contribution in [0.1, 0.15) is 29.3 Å². The number of carbonyl (C=O) groups is 1. The zero-order valence-corrected chi connectivity index (χ0v) is 19.9. The molecule has 3 heterocycles. The Morgan fingerprint density at radius 1 is 0.818 bits per heavy atom. The third kappa shape index (κ3) is 4.58. The molecule has 33 heavy (non-hydrogen) atoms. The van der Waals surface area contributed by atoms with E-state index in [4.69, 9.17) is 9.97 Å². The summed E-state index contributed by atoms with van der Waals surface area (Å²) in [4.78, 5) is 27.4. The summed E-state index contributed by atoms with van der Waals surface area (Å²) in [5.74, 6) is 0.0180. The average molecular weight is 470 g/mol. The van der Waals surface area contributed by atoms with Gasteiger partial charge in [0.1, 0.15) is 11.4 Å². The number of benzene rings is 2. The molecule has 0 saturated heterocycles. The van der Waals surface area contributed by atoms with Crippen LogP contribution in [-0.4, -0.2) is 27.3 Å². The van der Waals surface area contributed by atoms with Crippen LogP contribution in [0.4, 0.5) is 0 Å². The van der Waals surface area contributed by atoms with Gasteiger partial charge in [-0.3, -0.25) is 4.79 Å². The maximum atomic E-state index is 13.4. The van der Waals surface area contributed by atoms with Crippen molar-refractivity contribution in [3.05, 3.63) is 94.7 Å². The van der Waals surface area contributed by atoms with Gasteiger partial charge in [-0.25, -0.2) is 9.97 Å². The van der Waals surface area contributed by atoms with E-state index >= 15 is 0 Å². The number of hydrogen-bond acceptors (Lipinski definition) is 5. The smallest absolute Gasteiger partial charge is 0.254 e. The highest BCUT2D eigenvalue weighted by Gasteiger charge is 2.19. The molecule has 0 spiro atoms. The van der Waals surface area contributed by atoms with E-state index in [9.17, 15) is 4.79 Å². The van der Waals surface area contributed by atoms with Gasteiger partial charge < -0.3 is 4.90 Å². The second-order valence-corrected chi connectivity index (χ2v) is 9.69. The van der Waals surface area contributed by atoms with E-state index < -0.39 is 0 Å². The molecule has 5 rings (SSSR count). The fraction of sp³-hybridized carbons (Fsp3) is 0.148.